The lowest BCUT2D eigenvalue weighted by molar-refractivity contribution is -0.857. The normalized spacial score (nSPS) is 15.0. The van der Waals surface area contributed by atoms with Crippen LogP contribution >= 0.6 is 11.6 Å². The van der Waals surface area contributed by atoms with E-state index < -0.39 is 10.1 Å². The van der Waals surface area contributed by atoms with Crippen molar-refractivity contribution in [3.8, 4) is 5.75 Å². The zero-order valence-electron chi connectivity index (χ0n) is 15.6. The van der Waals surface area contributed by atoms with Gasteiger partial charge < -0.3 is 14.0 Å². The van der Waals surface area contributed by atoms with Gasteiger partial charge in [0, 0.05) is 23.0 Å². The number of nitrogens with zero attached hydrogens (tertiary/aromatic N) is 1. The van der Waals surface area contributed by atoms with Gasteiger partial charge >= 0.3 is 10.1 Å². The van der Waals surface area contributed by atoms with Gasteiger partial charge in [0.2, 0.25) is 5.91 Å². The average Bonchev–Trinajstić information content (AvgIpc) is 2.51. The van der Waals surface area contributed by atoms with Crippen LogP contribution in [0.15, 0.2) is 18.2 Å². The summed E-state index contributed by atoms with van der Waals surface area (Å²) in [5, 5.41) is 0.482. The maximum absolute atomic E-state index is 12.8. The Kier molecular flexibility index (Phi) is 7.32. The van der Waals surface area contributed by atoms with Crippen molar-refractivity contribution in [2.75, 3.05) is 32.9 Å². The molecule has 0 bridgehead atoms. The van der Waals surface area contributed by atoms with Crippen molar-refractivity contribution in [3.63, 3.8) is 0 Å². The van der Waals surface area contributed by atoms with Crippen LogP contribution in [0.25, 0.3) is 0 Å². The Labute approximate surface area is 161 Å². The van der Waals surface area contributed by atoms with E-state index in [9.17, 15) is 13.2 Å². The van der Waals surface area contributed by atoms with Gasteiger partial charge in [-0.2, -0.15) is 8.42 Å². The molecule has 26 heavy (non-hydrogen) atoms. The van der Waals surface area contributed by atoms with E-state index in [1.54, 1.807) is 23.1 Å². The second-order valence-electron chi connectivity index (χ2n) is 7.03. The Balaban J connectivity index is 2.24. The third-order valence-corrected chi connectivity index (χ3v) is 5.98. The van der Waals surface area contributed by atoms with Gasteiger partial charge in [-0.15, -0.1) is 0 Å². The zero-order valence-corrected chi connectivity index (χ0v) is 17.2. The fourth-order valence-electron chi connectivity index (χ4n) is 2.69. The van der Waals surface area contributed by atoms with Gasteiger partial charge in [0.15, 0.2) is 0 Å². The van der Waals surface area contributed by atoms with Gasteiger partial charge in [-0.3, -0.25) is 4.79 Å². The average molecular weight is 404 g/mol. The molecule has 1 fully saturated rings. The first-order valence-corrected chi connectivity index (χ1v) is 11.0. The van der Waals surface area contributed by atoms with E-state index in [2.05, 4.69) is 0 Å². The molecule has 0 spiro atoms. The number of hydrogen-bond donors (Lipinski definition) is 1. The number of carbonyl (C=O) groups is 1. The molecule has 1 saturated carbocycles. The van der Waals surface area contributed by atoms with E-state index in [1.165, 1.54) is 11.8 Å². The number of halogens is 1. The van der Waals surface area contributed by atoms with Crippen molar-refractivity contribution >= 4 is 27.6 Å². The molecule has 8 heteroatoms. The Bertz CT molecular complexity index is 733. The van der Waals surface area contributed by atoms with E-state index in [0.717, 1.165) is 25.8 Å². The maximum atomic E-state index is 12.8. The van der Waals surface area contributed by atoms with E-state index >= 15 is 0 Å². The molecule has 1 N–H and O–H groups in total. The molecule has 146 valence electrons. The summed E-state index contributed by atoms with van der Waals surface area (Å²) in [4.78, 5) is 15.8. The molecule has 0 unspecified atom stereocenters. The summed E-state index contributed by atoms with van der Waals surface area (Å²) in [7, 11) is 0.421. The number of carbonyl (C=O) groups excluding carboxylic acids is 1. The number of likely N-dealkylation sites (N-methyl/N-ethyl adjacent to an activating group) is 1. The van der Waals surface area contributed by atoms with Crippen molar-refractivity contribution < 1.29 is 22.3 Å². The largest absolute Gasteiger partial charge is 0.382 e. The molecule has 1 amide bonds. The Morgan fingerprint density at radius 1 is 1.35 bits per heavy atom. The molecule has 2 rings (SSSR count). The first kappa shape index (κ1) is 21.0. The summed E-state index contributed by atoms with van der Waals surface area (Å²) in [6.07, 6.45) is 2.93. The van der Waals surface area contributed by atoms with Gasteiger partial charge in [-0.25, -0.2) is 0 Å². The highest BCUT2D eigenvalue weighted by molar-refractivity contribution is 7.87. The van der Waals surface area contributed by atoms with Crippen LogP contribution in [0.5, 0.6) is 5.75 Å². The summed E-state index contributed by atoms with van der Waals surface area (Å²) in [6, 6.07) is 4.81. The highest BCUT2D eigenvalue weighted by atomic mass is 35.5. The lowest BCUT2D eigenvalue weighted by atomic mass is 9.84. The summed E-state index contributed by atoms with van der Waals surface area (Å²) >= 11 is 6.10. The molecule has 1 aromatic carbocycles. The van der Waals surface area contributed by atoms with Crippen LogP contribution in [-0.4, -0.2) is 52.2 Å². The fourth-order valence-corrected chi connectivity index (χ4v) is 3.44. The van der Waals surface area contributed by atoms with Gasteiger partial charge in [-0.05, 0) is 38.0 Å². The predicted molar refractivity (Wildman–Crippen MR) is 102 cm³/mol. The van der Waals surface area contributed by atoms with Crippen LogP contribution in [-0.2, 0) is 21.5 Å². The minimum Gasteiger partial charge on any atom is -0.382 e. The molecular weight excluding hydrogens is 376 g/mol. The van der Waals surface area contributed by atoms with Crippen LogP contribution in [0.2, 0.25) is 5.02 Å². The standard InChI is InChI=1S/C18H27ClN2O4S/c1-4-26(23,24)25-17-9-8-16(19)12-15(17)13-21(11-10-20(2)3)18(22)14-6-5-7-14/h8-9,12,14H,4-7,10-11,13H2,1-3H3/p+1. The lowest BCUT2D eigenvalue weighted by Gasteiger charge is -2.32. The van der Waals surface area contributed by atoms with Crippen LogP contribution < -0.4 is 9.08 Å². The highest BCUT2D eigenvalue weighted by Crippen LogP contribution is 2.30. The number of hydrogen-bond acceptors (Lipinski definition) is 4. The number of rotatable bonds is 9. The Morgan fingerprint density at radius 2 is 2.04 bits per heavy atom. The van der Waals surface area contributed by atoms with E-state index in [1.807, 2.05) is 14.1 Å². The molecule has 1 aromatic rings. The van der Waals surface area contributed by atoms with Crippen LogP contribution in [0, 0.1) is 5.92 Å². The van der Waals surface area contributed by atoms with Crippen molar-refractivity contribution in [1.29, 1.82) is 0 Å². The topological polar surface area (TPSA) is 68.1 Å². The minimum atomic E-state index is -3.65. The number of benzene rings is 1. The molecule has 0 saturated heterocycles. The van der Waals surface area contributed by atoms with Crippen molar-refractivity contribution in [2.24, 2.45) is 5.92 Å². The van der Waals surface area contributed by atoms with Gasteiger partial charge in [-0.1, -0.05) is 18.0 Å². The smallest absolute Gasteiger partial charge is 0.308 e. The molecule has 1 aliphatic carbocycles. The summed E-state index contributed by atoms with van der Waals surface area (Å²) < 4.78 is 28.9. The molecule has 0 radical (unpaired) electrons. The molecule has 6 nitrogen and oxygen atoms in total. The van der Waals surface area contributed by atoms with Crippen LogP contribution in [0.4, 0.5) is 0 Å². The van der Waals surface area contributed by atoms with E-state index in [4.69, 9.17) is 15.8 Å². The zero-order chi connectivity index (χ0) is 19.3. The van der Waals surface area contributed by atoms with Crippen LogP contribution in [0.1, 0.15) is 31.7 Å². The Hall–Kier alpha value is -1.31. The van der Waals surface area contributed by atoms with E-state index in [-0.39, 0.29) is 29.9 Å². The summed E-state index contributed by atoms with van der Waals surface area (Å²) in [6.45, 7) is 3.22. The van der Waals surface area contributed by atoms with Gasteiger partial charge in [0.05, 0.1) is 32.9 Å². The SMILES string of the molecule is CCS(=O)(=O)Oc1ccc(Cl)cc1CN(CC[NH+](C)C)C(=O)C1CCC1. The van der Waals surface area contributed by atoms with Crippen molar-refractivity contribution in [1.82, 2.24) is 4.90 Å². The number of amides is 1. The summed E-state index contributed by atoms with van der Waals surface area (Å²) in [5.41, 5.74) is 0.607. The second-order valence-corrected chi connectivity index (χ2v) is 9.32. The monoisotopic (exact) mass is 403 g/mol. The minimum absolute atomic E-state index is 0.0788. The quantitative estimate of drug-likeness (QED) is 0.632. The van der Waals surface area contributed by atoms with Crippen molar-refractivity contribution in [3.05, 3.63) is 28.8 Å². The van der Waals surface area contributed by atoms with Crippen LogP contribution in [0.3, 0.4) is 0 Å². The second kappa shape index (κ2) is 9.06. The predicted octanol–water partition coefficient (Wildman–Crippen LogP) is 1.34. The Morgan fingerprint density at radius 3 is 2.58 bits per heavy atom. The molecular formula is C18H28ClN2O4S+. The number of quaternary nitrogens is 1. The van der Waals surface area contributed by atoms with Gasteiger partial charge in [0.1, 0.15) is 5.75 Å². The number of nitrogens with one attached hydrogen (secondary N) is 1. The third-order valence-electron chi connectivity index (χ3n) is 4.60. The van der Waals surface area contributed by atoms with Crippen molar-refractivity contribution in [2.45, 2.75) is 32.7 Å². The third kappa shape index (κ3) is 5.86. The highest BCUT2D eigenvalue weighted by Gasteiger charge is 2.30. The molecule has 1 aliphatic rings. The molecule has 0 aliphatic heterocycles. The maximum Gasteiger partial charge on any atom is 0.308 e. The molecule has 0 heterocycles. The van der Waals surface area contributed by atoms with E-state index in [0.29, 0.717) is 17.1 Å². The summed E-state index contributed by atoms with van der Waals surface area (Å²) in [5.74, 6) is 0.320. The molecule has 0 atom stereocenters. The van der Waals surface area contributed by atoms with Gasteiger partial charge in [0.25, 0.3) is 0 Å². The molecule has 0 aromatic heterocycles. The fraction of sp³-hybridized carbons (Fsp3) is 0.611. The first-order chi connectivity index (χ1) is 12.2. The lowest BCUT2D eigenvalue weighted by Crippen LogP contribution is -3.06. The first-order valence-electron chi connectivity index (χ1n) is 9.00.